The third-order valence-electron chi connectivity index (χ3n) is 8.01. The van der Waals surface area contributed by atoms with Crippen molar-refractivity contribution in [1.82, 2.24) is 0 Å². The molecule has 1 N–H and O–H groups in total. The number of hydrogen-bond donors (Lipinski definition) is 1. The Morgan fingerprint density at radius 3 is 2.80 bits per heavy atom. The minimum Gasteiger partial charge on any atom is -0.393 e. The number of carbonyl (C=O) groups is 2. The highest BCUT2D eigenvalue weighted by Crippen LogP contribution is 2.66. The van der Waals surface area contributed by atoms with Gasteiger partial charge < -0.3 is 5.11 Å². The van der Waals surface area contributed by atoms with E-state index in [0.29, 0.717) is 29.4 Å². The van der Waals surface area contributed by atoms with Crippen LogP contribution in [0, 0.1) is 34.5 Å². The zero-order chi connectivity index (χ0) is 18.0. The zero-order valence-corrected chi connectivity index (χ0v) is 16.6. The van der Waals surface area contributed by atoms with Crippen molar-refractivity contribution < 1.29 is 14.7 Å². The van der Waals surface area contributed by atoms with Gasteiger partial charge in [0.2, 0.25) is 0 Å². The molecule has 0 aromatic carbocycles. The molecule has 136 valence electrons. The van der Waals surface area contributed by atoms with Gasteiger partial charge in [0.25, 0.3) is 0 Å². The molecule has 4 rings (SSSR count). The molecule has 0 aromatic heterocycles. The van der Waals surface area contributed by atoms with Crippen LogP contribution in [-0.2, 0) is 9.59 Å². The SMILES string of the molecule is C[C@]12C[C@H](O)[C@H]3[C@@H](CCC4=CC(=O)C=C[C@@]43C)[C@@H]1CC[C@@H]2C(=O)CBr. The number of carbonyl (C=O) groups excluding carboxylic acids is 2. The fraction of sp³-hybridized carbons (Fsp3) is 0.714. The summed E-state index contributed by atoms with van der Waals surface area (Å²) in [5, 5.41) is 11.6. The number of rotatable bonds is 2. The lowest BCUT2D eigenvalue weighted by molar-refractivity contribution is -0.137. The van der Waals surface area contributed by atoms with Crippen LogP contribution in [0.3, 0.4) is 0 Å². The smallest absolute Gasteiger partial charge is 0.178 e. The number of aliphatic hydroxyl groups is 1. The Kier molecular flexibility index (Phi) is 4.16. The highest BCUT2D eigenvalue weighted by molar-refractivity contribution is 9.09. The van der Waals surface area contributed by atoms with E-state index in [4.69, 9.17) is 0 Å². The highest BCUT2D eigenvalue weighted by atomic mass is 79.9. The maximum absolute atomic E-state index is 12.5. The number of Topliss-reactive ketones (excluding diaryl/α,β-unsaturated/α-hetero) is 1. The molecule has 0 aliphatic heterocycles. The van der Waals surface area contributed by atoms with Gasteiger partial charge in [0.05, 0.1) is 11.4 Å². The van der Waals surface area contributed by atoms with E-state index >= 15 is 0 Å². The predicted octanol–water partition coefficient (Wildman–Crippen LogP) is 3.85. The Hall–Kier alpha value is -0.740. The first-order valence-corrected chi connectivity index (χ1v) is 10.6. The summed E-state index contributed by atoms with van der Waals surface area (Å²) in [7, 11) is 0. The summed E-state index contributed by atoms with van der Waals surface area (Å²) < 4.78 is 0. The topological polar surface area (TPSA) is 54.4 Å². The summed E-state index contributed by atoms with van der Waals surface area (Å²) in [5.41, 5.74) is 0.891. The maximum atomic E-state index is 12.5. The molecule has 0 unspecified atom stereocenters. The fourth-order valence-electron chi connectivity index (χ4n) is 6.95. The summed E-state index contributed by atoms with van der Waals surface area (Å²) in [6.45, 7) is 4.43. The quantitative estimate of drug-likeness (QED) is 0.708. The standard InChI is InChI=1S/C21H27BrO3/c1-20-8-7-13(23)9-12(20)3-4-14-15-5-6-16(18(25)11-22)21(15,2)10-17(24)19(14)20/h7-9,14-17,19,24H,3-6,10-11H2,1-2H3/t14-,15-,16+,17-,19+,20-,21-/m0/s1. The lowest BCUT2D eigenvalue weighted by Gasteiger charge is -2.58. The summed E-state index contributed by atoms with van der Waals surface area (Å²) >= 11 is 3.35. The average molecular weight is 407 g/mol. The number of hydrogen-bond acceptors (Lipinski definition) is 3. The van der Waals surface area contributed by atoms with E-state index in [1.807, 2.05) is 6.08 Å². The molecular formula is C21H27BrO3. The van der Waals surface area contributed by atoms with Crippen LogP contribution >= 0.6 is 15.9 Å². The van der Waals surface area contributed by atoms with Crippen LogP contribution in [-0.4, -0.2) is 28.1 Å². The van der Waals surface area contributed by atoms with E-state index in [0.717, 1.165) is 25.7 Å². The lowest BCUT2D eigenvalue weighted by atomic mass is 9.46. The summed E-state index contributed by atoms with van der Waals surface area (Å²) in [4.78, 5) is 24.3. The lowest BCUT2D eigenvalue weighted by Crippen LogP contribution is -2.56. The van der Waals surface area contributed by atoms with Gasteiger partial charge in [0.1, 0.15) is 5.78 Å². The van der Waals surface area contributed by atoms with Crippen molar-refractivity contribution in [2.75, 3.05) is 5.33 Å². The molecule has 0 bridgehead atoms. The normalized spacial score (nSPS) is 48.4. The van der Waals surface area contributed by atoms with E-state index < -0.39 is 6.10 Å². The molecular weight excluding hydrogens is 380 g/mol. The molecule has 3 saturated carbocycles. The van der Waals surface area contributed by atoms with Crippen LogP contribution < -0.4 is 0 Å². The van der Waals surface area contributed by atoms with Gasteiger partial charge in [-0.3, -0.25) is 9.59 Å². The Balaban J connectivity index is 1.71. The second-order valence-electron chi connectivity index (χ2n) is 9.03. The van der Waals surface area contributed by atoms with Crippen molar-refractivity contribution in [2.24, 2.45) is 34.5 Å². The molecule has 4 aliphatic rings. The van der Waals surface area contributed by atoms with Crippen LogP contribution in [0.5, 0.6) is 0 Å². The number of aliphatic hydroxyl groups excluding tert-OH is 1. The van der Waals surface area contributed by atoms with Crippen LogP contribution in [0.15, 0.2) is 23.8 Å². The second-order valence-corrected chi connectivity index (χ2v) is 9.59. The molecule has 3 fully saturated rings. The Morgan fingerprint density at radius 1 is 1.32 bits per heavy atom. The van der Waals surface area contributed by atoms with Crippen LogP contribution in [0.4, 0.5) is 0 Å². The van der Waals surface area contributed by atoms with Gasteiger partial charge in [-0.1, -0.05) is 41.4 Å². The van der Waals surface area contributed by atoms with Crippen molar-refractivity contribution in [3.8, 4) is 0 Å². The number of allylic oxidation sites excluding steroid dienone is 4. The van der Waals surface area contributed by atoms with Gasteiger partial charge in [0, 0.05) is 17.3 Å². The van der Waals surface area contributed by atoms with Crippen LogP contribution in [0.25, 0.3) is 0 Å². The second kappa shape index (κ2) is 5.88. The van der Waals surface area contributed by atoms with E-state index in [1.54, 1.807) is 12.2 Å². The van der Waals surface area contributed by atoms with E-state index in [-0.39, 0.29) is 28.4 Å². The van der Waals surface area contributed by atoms with E-state index in [1.165, 1.54) is 5.57 Å². The van der Waals surface area contributed by atoms with Crippen molar-refractivity contribution in [3.05, 3.63) is 23.8 Å². The Labute approximate surface area is 158 Å². The number of halogens is 1. The molecule has 0 radical (unpaired) electrons. The highest BCUT2D eigenvalue weighted by Gasteiger charge is 2.62. The van der Waals surface area contributed by atoms with E-state index in [9.17, 15) is 14.7 Å². The summed E-state index contributed by atoms with van der Waals surface area (Å²) in [6.07, 6.45) is 9.81. The van der Waals surface area contributed by atoms with Crippen molar-refractivity contribution in [1.29, 1.82) is 0 Å². The van der Waals surface area contributed by atoms with E-state index in [2.05, 4.69) is 29.8 Å². The molecule has 7 atom stereocenters. The predicted molar refractivity (Wildman–Crippen MR) is 100 cm³/mol. The first kappa shape index (κ1) is 17.7. The third kappa shape index (κ3) is 2.39. The summed E-state index contributed by atoms with van der Waals surface area (Å²) in [6, 6.07) is 0. The molecule has 0 spiro atoms. The van der Waals surface area contributed by atoms with Gasteiger partial charge >= 0.3 is 0 Å². The zero-order valence-electron chi connectivity index (χ0n) is 15.0. The minimum atomic E-state index is -0.415. The van der Waals surface area contributed by atoms with Gasteiger partial charge in [-0.2, -0.15) is 0 Å². The van der Waals surface area contributed by atoms with Crippen molar-refractivity contribution in [2.45, 2.75) is 52.1 Å². The van der Waals surface area contributed by atoms with Gasteiger partial charge in [-0.05, 0) is 61.5 Å². The molecule has 25 heavy (non-hydrogen) atoms. The molecule has 0 aromatic rings. The average Bonchev–Trinajstić information content (AvgIpc) is 2.91. The first-order chi connectivity index (χ1) is 11.8. The van der Waals surface area contributed by atoms with Gasteiger partial charge in [0.15, 0.2) is 5.78 Å². The maximum Gasteiger partial charge on any atom is 0.178 e. The molecule has 0 heterocycles. The van der Waals surface area contributed by atoms with Crippen LogP contribution in [0.2, 0.25) is 0 Å². The van der Waals surface area contributed by atoms with Crippen LogP contribution in [0.1, 0.15) is 46.0 Å². The van der Waals surface area contributed by atoms with Crippen molar-refractivity contribution in [3.63, 3.8) is 0 Å². The third-order valence-corrected chi connectivity index (χ3v) is 8.57. The van der Waals surface area contributed by atoms with Gasteiger partial charge in [-0.15, -0.1) is 0 Å². The summed E-state index contributed by atoms with van der Waals surface area (Å²) in [5.74, 6) is 1.53. The molecule has 0 saturated heterocycles. The molecule has 0 amide bonds. The first-order valence-electron chi connectivity index (χ1n) is 9.52. The molecule has 4 heteroatoms. The minimum absolute atomic E-state index is 0.0701. The monoisotopic (exact) mass is 406 g/mol. The molecule has 3 nitrogen and oxygen atoms in total. The largest absolute Gasteiger partial charge is 0.393 e. The Bertz CT molecular complexity index is 681. The van der Waals surface area contributed by atoms with Crippen molar-refractivity contribution >= 4 is 27.5 Å². The molecule has 4 aliphatic carbocycles. The number of fused-ring (bicyclic) bond motifs is 5. The Morgan fingerprint density at radius 2 is 2.08 bits per heavy atom. The number of alkyl halides is 1. The number of ketones is 2. The fourth-order valence-corrected chi connectivity index (χ4v) is 7.34. The van der Waals surface area contributed by atoms with Gasteiger partial charge in [-0.25, -0.2) is 0 Å².